The summed E-state index contributed by atoms with van der Waals surface area (Å²) in [6.07, 6.45) is 0. The van der Waals surface area contributed by atoms with E-state index in [1.54, 1.807) is 7.05 Å². The van der Waals surface area contributed by atoms with Gasteiger partial charge in [0.05, 0.1) is 0 Å². The van der Waals surface area contributed by atoms with Gasteiger partial charge in [-0.25, -0.2) is 0 Å². The molecule has 0 atom stereocenters. The van der Waals surface area contributed by atoms with Crippen molar-refractivity contribution < 1.29 is 7.65 Å². The van der Waals surface area contributed by atoms with Gasteiger partial charge < -0.3 is 8.17 Å². The predicted molar refractivity (Wildman–Crippen MR) is 36.9 cm³/mol. The number of carbonyl (C=O) groups excluding carboxylic acids is 1. The zero-order chi connectivity index (χ0) is 5.86. The molecule has 1 amide bonds. The van der Waals surface area contributed by atoms with Crippen LogP contribution < -0.4 is 5.32 Å². The molecular formula is C5H13MgNO. The Balaban J connectivity index is -0.0000000600. The van der Waals surface area contributed by atoms with Crippen molar-refractivity contribution >= 4 is 29.0 Å². The first-order valence-corrected chi connectivity index (χ1v) is 2.40. The summed E-state index contributed by atoms with van der Waals surface area (Å²) < 4.78 is 0. The van der Waals surface area contributed by atoms with E-state index in [1.165, 1.54) is 0 Å². The number of carbonyl (C=O) groups is 1. The summed E-state index contributed by atoms with van der Waals surface area (Å²) in [4.78, 5) is 10.4. The molecule has 0 rings (SSSR count). The predicted octanol–water partition coefficient (Wildman–Crippen LogP) is 0.233. The van der Waals surface area contributed by atoms with E-state index in [-0.39, 0.29) is 37.7 Å². The average molecular weight is 127 g/mol. The summed E-state index contributed by atoms with van der Waals surface area (Å²) >= 11 is 0. The molecule has 3 heteroatoms. The van der Waals surface area contributed by atoms with E-state index < -0.39 is 0 Å². The molecule has 0 aliphatic rings. The van der Waals surface area contributed by atoms with Gasteiger partial charge in [-0.2, -0.15) is 0 Å². The second-order valence-corrected chi connectivity index (χ2v) is 1.77. The molecule has 8 heavy (non-hydrogen) atoms. The Morgan fingerprint density at radius 1 is 1.62 bits per heavy atom. The molecule has 0 aromatic carbocycles. The Labute approximate surface area is 69.1 Å². The van der Waals surface area contributed by atoms with Crippen molar-refractivity contribution in [2.45, 2.75) is 13.8 Å². The molecule has 0 aliphatic carbocycles. The van der Waals surface area contributed by atoms with Gasteiger partial charge in [-0.1, -0.05) is 13.8 Å². The average Bonchev–Trinajstić information content (AvgIpc) is 1.65. The maximum atomic E-state index is 10.4. The van der Waals surface area contributed by atoms with Crippen LogP contribution in [0.1, 0.15) is 16.7 Å². The fraction of sp³-hybridized carbons (Fsp3) is 0.800. The van der Waals surface area contributed by atoms with E-state index in [9.17, 15) is 4.79 Å². The third kappa shape index (κ3) is 4.40. The summed E-state index contributed by atoms with van der Waals surface area (Å²) in [6.45, 7) is 3.72. The van der Waals surface area contributed by atoms with E-state index in [4.69, 9.17) is 0 Å². The van der Waals surface area contributed by atoms with Crippen molar-refractivity contribution in [2.75, 3.05) is 7.05 Å². The number of amides is 1. The van der Waals surface area contributed by atoms with Gasteiger partial charge in [-0.05, 0) is 0 Å². The van der Waals surface area contributed by atoms with Crippen LogP contribution in [0.5, 0.6) is 0 Å². The minimum Gasteiger partial charge on any atom is -1.00 e. The van der Waals surface area contributed by atoms with Crippen LogP contribution in [0, 0.1) is 5.92 Å². The maximum absolute atomic E-state index is 10.4. The van der Waals surface area contributed by atoms with Crippen molar-refractivity contribution in [1.29, 1.82) is 0 Å². The Hall–Kier alpha value is 0.236. The molecule has 0 radical (unpaired) electrons. The van der Waals surface area contributed by atoms with E-state index in [0.717, 1.165) is 0 Å². The molecule has 0 saturated carbocycles. The molecule has 46 valence electrons. The van der Waals surface area contributed by atoms with Crippen molar-refractivity contribution in [2.24, 2.45) is 5.92 Å². The molecule has 0 unspecified atom stereocenters. The van der Waals surface area contributed by atoms with Gasteiger partial charge >= 0.3 is 23.1 Å². The third-order valence-electron chi connectivity index (χ3n) is 0.771. The third-order valence-corrected chi connectivity index (χ3v) is 0.771. The van der Waals surface area contributed by atoms with Crippen LogP contribution in [-0.2, 0) is 4.79 Å². The fourth-order valence-electron chi connectivity index (χ4n) is 0.289. The van der Waals surface area contributed by atoms with Gasteiger partial charge in [0.1, 0.15) is 0 Å². The SMILES string of the molecule is CNC(=O)C(C)C.[H-].[H-].[Mg+2]. The molecule has 0 saturated heterocycles. The van der Waals surface area contributed by atoms with E-state index in [1.807, 2.05) is 13.8 Å². The van der Waals surface area contributed by atoms with Crippen molar-refractivity contribution in [1.82, 2.24) is 5.32 Å². The summed E-state index contributed by atoms with van der Waals surface area (Å²) in [5.74, 6) is 0.213. The molecule has 1 N–H and O–H groups in total. The van der Waals surface area contributed by atoms with Gasteiger partial charge in [-0.3, -0.25) is 4.79 Å². The van der Waals surface area contributed by atoms with Crippen molar-refractivity contribution in [3.8, 4) is 0 Å². The van der Waals surface area contributed by atoms with E-state index >= 15 is 0 Å². The minimum absolute atomic E-state index is 0. The summed E-state index contributed by atoms with van der Waals surface area (Å²) in [6, 6.07) is 0. The van der Waals surface area contributed by atoms with Crippen LogP contribution >= 0.6 is 0 Å². The van der Waals surface area contributed by atoms with Crippen molar-refractivity contribution in [3.63, 3.8) is 0 Å². The fourth-order valence-corrected chi connectivity index (χ4v) is 0.289. The minimum atomic E-state index is 0. The second kappa shape index (κ2) is 5.37. The molecule has 0 fully saturated rings. The van der Waals surface area contributed by atoms with Gasteiger partial charge in [-0.15, -0.1) is 0 Å². The van der Waals surface area contributed by atoms with Crippen LogP contribution in [-0.4, -0.2) is 36.0 Å². The number of hydrogen-bond donors (Lipinski definition) is 1. The first-order valence-electron chi connectivity index (χ1n) is 2.40. The Morgan fingerprint density at radius 2 is 2.00 bits per heavy atom. The zero-order valence-electron chi connectivity index (χ0n) is 7.69. The topological polar surface area (TPSA) is 29.1 Å². The number of nitrogens with one attached hydrogen (secondary N) is 1. The first kappa shape index (κ1) is 11.1. The molecule has 0 aromatic rings. The maximum Gasteiger partial charge on any atom is 2.00 e. The standard InChI is InChI=1S/C5H11NO.Mg.2H/c1-4(2)5(7)6-3;;;/h4H,1-3H3,(H,6,7);;;/q;+2;2*-1. The van der Waals surface area contributed by atoms with Crippen LogP contribution in [0.4, 0.5) is 0 Å². The summed E-state index contributed by atoms with van der Waals surface area (Å²) in [5.41, 5.74) is 0. The largest absolute Gasteiger partial charge is 2.00 e. The number of rotatable bonds is 1. The Bertz CT molecular complexity index is 80.0. The normalized spacial score (nSPS) is 8.00. The van der Waals surface area contributed by atoms with Gasteiger partial charge in [0, 0.05) is 13.0 Å². The molecule has 2 nitrogen and oxygen atoms in total. The zero-order valence-corrected chi connectivity index (χ0v) is 7.11. The molecule has 0 aromatic heterocycles. The Morgan fingerprint density at radius 3 is 2.00 bits per heavy atom. The van der Waals surface area contributed by atoms with E-state index in [0.29, 0.717) is 0 Å². The molecule has 0 heterocycles. The summed E-state index contributed by atoms with van der Waals surface area (Å²) in [5, 5.41) is 2.53. The molecule has 0 spiro atoms. The quantitative estimate of drug-likeness (QED) is 0.502. The molecule has 0 bridgehead atoms. The Kier molecular flexibility index (Phi) is 7.45. The molecule has 0 aliphatic heterocycles. The van der Waals surface area contributed by atoms with Gasteiger partial charge in [0.15, 0.2) is 0 Å². The molecular weight excluding hydrogens is 114 g/mol. The van der Waals surface area contributed by atoms with Gasteiger partial charge in [0.2, 0.25) is 5.91 Å². The monoisotopic (exact) mass is 127 g/mol. The smallest absolute Gasteiger partial charge is 1.00 e. The van der Waals surface area contributed by atoms with Crippen LogP contribution in [0.3, 0.4) is 0 Å². The van der Waals surface area contributed by atoms with Crippen molar-refractivity contribution in [3.05, 3.63) is 0 Å². The summed E-state index contributed by atoms with van der Waals surface area (Å²) in [7, 11) is 1.64. The van der Waals surface area contributed by atoms with Crippen LogP contribution in [0.15, 0.2) is 0 Å². The number of hydrogen-bond acceptors (Lipinski definition) is 1. The van der Waals surface area contributed by atoms with Crippen LogP contribution in [0.25, 0.3) is 0 Å². The van der Waals surface area contributed by atoms with Crippen LogP contribution in [0.2, 0.25) is 0 Å². The first-order chi connectivity index (χ1) is 3.18. The van der Waals surface area contributed by atoms with Gasteiger partial charge in [0.25, 0.3) is 0 Å². The second-order valence-electron chi connectivity index (χ2n) is 1.77. The van der Waals surface area contributed by atoms with E-state index in [2.05, 4.69) is 5.32 Å².